The molecular weight excluding hydrogens is 136 g/mol. The Morgan fingerprint density at radius 2 is 2.09 bits per heavy atom. The summed E-state index contributed by atoms with van der Waals surface area (Å²) < 4.78 is 0. The van der Waals surface area contributed by atoms with Crippen molar-refractivity contribution < 1.29 is 0 Å². The molecule has 0 saturated carbocycles. The molecule has 0 aromatic heterocycles. The topological polar surface area (TPSA) is 38.0 Å². The molecule has 11 heavy (non-hydrogen) atoms. The van der Waals surface area contributed by atoms with Crippen LogP contribution in [0.25, 0.3) is 6.08 Å². The van der Waals surface area contributed by atoms with Crippen LogP contribution in [-0.2, 0) is 0 Å². The SMILES string of the molecule is C/C=C/c1ccccc1NN. The van der Waals surface area contributed by atoms with E-state index in [-0.39, 0.29) is 0 Å². The number of nitrogens with one attached hydrogen (secondary N) is 1. The summed E-state index contributed by atoms with van der Waals surface area (Å²) in [5.74, 6) is 5.30. The summed E-state index contributed by atoms with van der Waals surface area (Å²) in [7, 11) is 0. The maximum atomic E-state index is 5.30. The van der Waals surface area contributed by atoms with Gasteiger partial charge in [-0.25, -0.2) is 0 Å². The molecule has 1 rings (SSSR count). The number of hydrogen-bond donors (Lipinski definition) is 2. The number of nitrogens with two attached hydrogens (primary N) is 1. The van der Waals surface area contributed by atoms with E-state index in [0.29, 0.717) is 0 Å². The monoisotopic (exact) mass is 148 g/mol. The smallest absolute Gasteiger partial charge is 0.0557 e. The van der Waals surface area contributed by atoms with Crippen LogP contribution in [0.3, 0.4) is 0 Å². The molecule has 2 nitrogen and oxygen atoms in total. The molecule has 0 amide bonds. The first-order valence-electron chi connectivity index (χ1n) is 3.57. The van der Waals surface area contributed by atoms with E-state index in [9.17, 15) is 0 Å². The predicted octanol–water partition coefficient (Wildman–Crippen LogP) is 2.01. The van der Waals surface area contributed by atoms with Gasteiger partial charge in [-0.15, -0.1) is 0 Å². The number of hydrazine groups is 1. The molecule has 0 aliphatic carbocycles. The van der Waals surface area contributed by atoms with Gasteiger partial charge in [-0.1, -0.05) is 30.4 Å². The van der Waals surface area contributed by atoms with Gasteiger partial charge in [0.15, 0.2) is 0 Å². The molecule has 58 valence electrons. The quantitative estimate of drug-likeness (QED) is 0.497. The number of anilines is 1. The van der Waals surface area contributed by atoms with Crippen molar-refractivity contribution in [2.75, 3.05) is 5.43 Å². The van der Waals surface area contributed by atoms with Crippen LogP contribution in [-0.4, -0.2) is 0 Å². The molecule has 0 radical (unpaired) electrons. The van der Waals surface area contributed by atoms with Gasteiger partial charge in [-0.05, 0) is 18.6 Å². The molecular formula is C9H12N2. The Balaban J connectivity index is 3.02. The normalized spacial score (nSPS) is 10.4. The van der Waals surface area contributed by atoms with Gasteiger partial charge in [-0.3, -0.25) is 5.84 Å². The molecule has 0 fully saturated rings. The molecule has 1 aromatic rings. The number of allylic oxidation sites excluding steroid dienone is 1. The Labute approximate surface area is 66.7 Å². The van der Waals surface area contributed by atoms with Gasteiger partial charge < -0.3 is 5.43 Å². The highest BCUT2D eigenvalue weighted by molar-refractivity contribution is 5.65. The molecule has 1 aromatic carbocycles. The third-order valence-electron chi connectivity index (χ3n) is 1.46. The molecule has 0 unspecified atom stereocenters. The van der Waals surface area contributed by atoms with Crippen molar-refractivity contribution in [1.82, 2.24) is 0 Å². The highest BCUT2D eigenvalue weighted by Gasteiger charge is 1.92. The van der Waals surface area contributed by atoms with Crippen LogP contribution in [0.15, 0.2) is 30.3 Å². The summed E-state index contributed by atoms with van der Waals surface area (Å²) in [5, 5.41) is 0. The number of para-hydroxylation sites is 1. The van der Waals surface area contributed by atoms with Gasteiger partial charge in [0.25, 0.3) is 0 Å². The molecule has 0 aliphatic heterocycles. The van der Waals surface area contributed by atoms with E-state index in [4.69, 9.17) is 5.84 Å². The molecule has 0 spiro atoms. The molecule has 0 atom stereocenters. The third kappa shape index (κ3) is 1.82. The van der Waals surface area contributed by atoms with Crippen molar-refractivity contribution in [2.45, 2.75) is 6.92 Å². The predicted molar refractivity (Wildman–Crippen MR) is 49.0 cm³/mol. The lowest BCUT2D eigenvalue weighted by Crippen LogP contribution is -2.07. The summed E-state index contributed by atoms with van der Waals surface area (Å²) in [6.45, 7) is 1.98. The molecule has 0 heterocycles. The van der Waals surface area contributed by atoms with E-state index < -0.39 is 0 Å². The second kappa shape index (κ2) is 3.78. The Hall–Kier alpha value is -1.28. The number of rotatable bonds is 2. The maximum absolute atomic E-state index is 5.30. The highest BCUT2D eigenvalue weighted by atomic mass is 15.2. The number of hydrogen-bond acceptors (Lipinski definition) is 2. The lowest BCUT2D eigenvalue weighted by atomic mass is 10.2. The zero-order valence-electron chi connectivity index (χ0n) is 6.54. The Kier molecular flexibility index (Phi) is 2.69. The lowest BCUT2D eigenvalue weighted by Gasteiger charge is -2.02. The minimum absolute atomic E-state index is 0.950. The van der Waals surface area contributed by atoms with Crippen LogP contribution < -0.4 is 11.3 Å². The van der Waals surface area contributed by atoms with E-state index in [2.05, 4.69) is 5.43 Å². The molecule has 0 saturated heterocycles. The van der Waals surface area contributed by atoms with Crippen LogP contribution in [0.4, 0.5) is 5.69 Å². The van der Waals surface area contributed by atoms with Gasteiger partial charge in [-0.2, -0.15) is 0 Å². The van der Waals surface area contributed by atoms with Gasteiger partial charge in [0.2, 0.25) is 0 Å². The van der Waals surface area contributed by atoms with Crippen molar-refractivity contribution in [3.8, 4) is 0 Å². The first kappa shape index (κ1) is 7.82. The highest BCUT2D eigenvalue weighted by Crippen LogP contribution is 2.14. The van der Waals surface area contributed by atoms with Crippen LogP contribution in [0.2, 0.25) is 0 Å². The summed E-state index contributed by atoms with van der Waals surface area (Å²) in [6, 6.07) is 7.88. The van der Waals surface area contributed by atoms with Gasteiger partial charge in [0, 0.05) is 0 Å². The summed E-state index contributed by atoms with van der Waals surface area (Å²) >= 11 is 0. The fourth-order valence-corrected chi connectivity index (χ4v) is 0.953. The van der Waals surface area contributed by atoms with Crippen molar-refractivity contribution in [2.24, 2.45) is 5.84 Å². The second-order valence-electron chi connectivity index (χ2n) is 2.23. The zero-order chi connectivity index (χ0) is 8.10. The number of benzene rings is 1. The van der Waals surface area contributed by atoms with Crippen molar-refractivity contribution >= 4 is 11.8 Å². The maximum Gasteiger partial charge on any atom is 0.0557 e. The van der Waals surface area contributed by atoms with Crippen molar-refractivity contribution in [1.29, 1.82) is 0 Å². The van der Waals surface area contributed by atoms with E-state index in [1.165, 1.54) is 0 Å². The minimum atomic E-state index is 0.950. The minimum Gasteiger partial charge on any atom is -0.324 e. The first-order chi connectivity index (χ1) is 5.38. The van der Waals surface area contributed by atoms with Crippen LogP contribution in [0.5, 0.6) is 0 Å². The fraction of sp³-hybridized carbons (Fsp3) is 0.111. The summed E-state index contributed by atoms with van der Waals surface area (Å²) in [5.41, 5.74) is 4.69. The van der Waals surface area contributed by atoms with Crippen molar-refractivity contribution in [3.63, 3.8) is 0 Å². The van der Waals surface area contributed by atoms with Crippen molar-refractivity contribution in [3.05, 3.63) is 35.9 Å². The Bertz CT molecular complexity index is 253. The lowest BCUT2D eigenvalue weighted by molar-refractivity contribution is 1.34. The fourth-order valence-electron chi connectivity index (χ4n) is 0.953. The van der Waals surface area contributed by atoms with E-state index in [0.717, 1.165) is 11.3 Å². The molecule has 2 heteroatoms. The average molecular weight is 148 g/mol. The van der Waals surface area contributed by atoms with Gasteiger partial charge >= 0.3 is 0 Å². The van der Waals surface area contributed by atoms with Gasteiger partial charge in [0.05, 0.1) is 5.69 Å². The van der Waals surface area contributed by atoms with Crippen LogP contribution >= 0.6 is 0 Å². The van der Waals surface area contributed by atoms with Crippen LogP contribution in [0, 0.1) is 0 Å². The van der Waals surface area contributed by atoms with Gasteiger partial charge in [0.1, 0.15) is 0 Å². The molecule has 3 N–H and O–H groups in total. The standard InChI is InChI=1S/C9H12N2/c1-2-5-8-6-3-4-7-9(8)11-10/h2-7,11H,10H2,1H3/b5-2+. The third-order valence-corrected chi connectivity index (χ3v) is 1.46. The molecule has 0 aliphatic rings. The summed E-state index contributed by atoms with van der Waals surface area (Å²) in [4.78, 5) is 0. The van der Waals surface area contributed by atoms with E-state index in [1.54, 1.807) is 0 Å². The van der Waals surface area contributed by atoms with E-state index >= 15 is 0 Å². The second-order valence-corrected chi connectivity index (χ2v) is 2.23. The average Bonchev–Trinajstić information content (AvgIpc) is 2.06. The zero-order valence-corrected chi connectivity index (χ0v) is 6.54. The molecule has 0 bridgehead atoms. The Morgan fingerprint density at radius 1 is 1.36 bits per heavy atom. The number of nitrogen functional groups attached to an aromatic ring is 1. The van der Waals surface area contributed by atoms with Crippen LogP contribution in [0.1, 0.15) is 12.5 Å². The van der Waals surface area contributed by atoms with E-state index in [1.807, 2.05) is 43.3 Å². The first-order valence-corrected chi connectivity index (χ1v) is 3.57. The Morgan fingerprint density at radius 3 is 2.73 bits per heavy atom. The largest absolute Gasteiger partial charge is 0.324 e. The summed E-state index contributed by atoms with van der Waals surface area (Å²) in [6.07, 6.45) is 3.99.